The van der Waals surface area contributed by atoms with E-state index in [4.69, 9.17) is 4.42 Å². The van der Waals surface area contributed by atoms with E-state index in [1.807, 2.05) is 0 Å². The predicted octanol–water partition coefficient (Wildman–Crippen LogP) is 4.03. The second kappa shape index (κ2) is 5.16. The Balaban J connectivity index is 2.36. The first kappa shape index (κ1) is 14.4. The normalized spacial score (nSPS) is 11.8. The van der Waals surface area contributed by atoms with E-state index in [0.717, 1.165) is 5.57 Å². The molecule has 0 saturated heterocycles. The summed E-state index contributed by atoms with van der Waals surface area (Å²) in [7, 11) is 0. The number of fused-ring (bicyclic) bond motifs is 1. The summed E-state index contributed by atoms with van der Waals surface area (Å²) in [6.45, 7) is 10.3. The van der Waals surface area contributed by atoms with Crippen LogP contribution in [0.15, 0.2) is 45.6 Å². The van der Waals surface area contributed by atoms with Crippen molar-refractivity contribution >= 4 is 11.0 Å². The first-order valence-electron chi connectivity index (χ1n) is 6.72. The first-order chi connectivity index (χ1) is 9.30. The van der Waals surface area contributed by atoms with Crippen molar-refractivity contribution in [3.63, 3.8) is 0 Å². The maximum atomic E-state index is 12.0. The smallest absolute Gasteiger partial charge is 0.343 e. The van der Waals surface area contributed by atoms with Gasteiger partial charge in [-0.25, -0.2) is 4.79 Å². The molecule has 106 valence electrons. The van der Waals surface area contributed by atoms with Crippen LogP contribution < -0.4 is 5.63 Å². The van der Waals surface area contributed by atoms with Crippen molar-refractivity contribution in [2.75, 3.05) is 0 Å². The fraction of sp³-hybridized carbons (Fsp3) is 0.353. The van der Waals surface area contributed by atoms with Crippen molar-refractivity contribution in [3.05, 3.63) is 52.4 Å². The van der Waals surface area contributed by atoms with Gasteiger partial charge < -0.3 is 9.52 Å². The number of rotatable bonds is 3. The van der Waals surface area contributed by atoms with E-state index in [1.165, 1.54) is 0 Å². The number of para-hydroxylation sites is 1. The van der Waals surface area contributed by atoms with E-state index < -0.39 is 5.63 Å². The predicted molar refractivity (Wildman–Crippen MR) is 81.1 cm³/mol. The van der Waals surface area contributed by atoms with E-state index in [9.17, 15) is 9.90 Å². The Morgan fingerprint density at radius 2 is 1.95 bits per heavy atom. The Hall–Kier alpha value is -2.03. The third-order valence-corrected chi connectivity index (χ3v) is 3.61. The average molecular weight is 272 g/mol. The molecular formula is C17H20O3. The number of allylic oxidation sites excluding steroid dienone is 1. The Bertz CT molecular complexity index is 702. The van der Waals surface area contributed by atoms with Crippen molar-refractivity contribution < 1.29 is 9.52 Å². The molecule has 1 aromatic carbocycles. The summed E-state index contributed by atoms with van der Waals surface area (Å²) >= 11 is 0. The highest BCUT2D eigenvalue weighted by atomic mass is 16.4. The summed E-state index contributed by atoms with van der Waals surface area (Å²) < 4.78 is 5.25. The van der Waals surface area contributed by atoms with Gasteiger partial charge in [0, 0.05) is 0 Å². The average Bonchev–Trinajstić information content (AvgIpc) is 2.37. The molecule has 0 fully saturated rings. The van der Waals surface area contributed by atoms with Gasteiger partial charge in [0.2, 0.25) is 0 Å². The number of benzene rings is 1. The summed E-state index contributed by atoms with van der Waals surface area (Å²) in [4.78, 5) is 12.0. The molecular weight excluding hydrogens is 252 g/mol. The van der Waals surface area contributed by atoms with Gasteiger partial charge in [0.15, 0.2) is 0 Å². The Labute approximate surface area is 118 Å². The van der Waals surface area contributed by atoms with Gasteiger partial charge in [-0.3, -0.25) is 0 Å². The summed E-state index contributed by atoms with van der Waals surface area (Å²) in [5.41, 5.74) is 1.31. The van der Waals surface area contributed by atoms with Crippen LogP contribution in [-0.4, -0.2) is 5.11 Å². The zero-order valence-electron chi connectivity index (χ0n) is 12.2. The van der Waals surface area contributed by atoms with Crippen LogP contribution >= 0.6 is 0 Å². The van der Waals surface area contributed by atoms with E-state index in [1.54, 1.807) is 24.3 Å². The van der Waals surface area contributed by atoms with Gasteiger partial charge in [-0.2, -0.15) is 0 Å². The van der Waals surface area contributed by atoms with Crippen LogP contribution in [0.2, 0.25) is 0 Å². The van der Waals surface area contributed by atoms with Gasteiger partial charge in [0.05, 0.1) is 10.9 Å². The summed E-state index contributed by atoms with van der Waals surface area (Å²) in [5, 5.41) is 10.8. The lowest BCUT2D eigenvalue weighted by Gasteiger charge is -2.21. The molecule has 0 spiro atoms. The summed E-state index contributed by atoms with van der Waals surface area (Å²) in [6, 6.07) is 7.00. The van der Waals surface area contributed by atoms with Crippen LogP contribution in [0.5, 0.6) is 5.75 Å². The highest BCUT2D eigenvalue weighted by Crippen LogP contribution is 2.30. The molecule has 1 aromatic heterocycles. The van der Waals surface area contributed by atoms with Crippen molar-refractivity contribution in [2.24, 2.45) is 5.41 Å². The number of hydrogen-bond donors (Lipinski definition) is 1. The largest absolute Gasteiger partial charge is 0.507 e. The zero-order valence-corrected chi connectivity index (χ0v) is 12.2. The molecule has 0 amide bonds. The minimum Gasteiger partial charge on any atom is -0.507 e. The molecule has 3 heteroatoms. The lowest BCUT2D eigenvalue weighted by Crippen LogP contribution is -2.12. The highest BCUT2D eigenvalue weighted by molar-refractivity contribution is 5.83. The quantitative estimate of drug-likeness (QED) is 0.678. The van der Waals surface area contributed by atoms with Crippen molar-refractivity contribution in [2.45, 2.75) is 33.6 Å². The summed E-state index contributed by atoms with van der Waals surface area (Å²) in [6.07, 6.45) is 1.09. The molecule has 0 aliphatic heterocycles. The van der Waals surface area contributed by atoms with Gasteiger partial charge in [0.25, 0.3) is 0 Å². The van der Waals surface area contributed by atoms with Crippen LogP contribution in [-0.2, 0) is 6.42 Å². The molecule has 0 radical (unpaired) electrons. The molecule has 0 bridgehead atoms. The second-order valence-electron chi connectivity index (χ2n) is 6.07. The van der Waals surface area contributed by atoms with Gasteiger partial charge in [-0.1, -0.05) is 45.1 Å². The molecule has 0 atom stereocenters. The molecule has 1 heterocycles. The van der Waals surface area contributed by atoms with Crippen LogP contribution in [0, 0.1) is 5.41 Å². The van der Waals surface area contributed by atoms with E-state index in [2.05, 4.69) is 27.4 Å². The molecule has 2 rings (SSSR count). The maximum absolute atomic E-state index is 12.0. The number of aromatic hydroxyl groups is 1. The SMILES string of the molecule is C=C(CCc1c(O)c2ccccc2oc1=O)C(C)(C)C. The van der Waals surface area contributed by atoms with E-state index >= 15 is 0 Å². The lowest BCUT2D eigenvalue weighted by molar-refractivity contribution is 0.449. The monoisotopic (exact) mass is 272 g/mol. The van der Waals surface area contributed by atoms with Crippen LogP contribution in [0.25, 0.3) is 11.0 Å². The zero-order chi connectivity index (χ0) is 14.9. The lowest BCUT2D eigenvalue weighted by atomic mass is 9.84. The van der Waals surface area contributed by atoms with Gasteiger partial charge >= 0.3 is 5.63 Å². The Kier molecular flexibility index (Phi) is 3.71. The highest BCUT2D eigenvalue weighted by Gasteiger charge is 2.18. The van der Waals surface area contributed by atoms with Gasteiger partial charge in [-0.15, -0.1) is 0 Å². The molecule has 1 N–H and O–H groups in total. The minimum atomic E-state index is -0.470. The van der Waals surface area contributed by atoms with Gasteiger partial charge in [0.1, 0.15) is 11.3 Å². The Morgan fingerprint density at radius 3 is 2.60 bits per heavy atom. The Morgan fingerprint density at radius 1 is 1.30 bits per heavy atom. The number of hydrogen-bond acceptors (Lipinski definition) is 3. The van der Waals surface area contributed by atoms with Crippen molar-refractivity contribution in [1.82, 2.24) is 0 Å². The second-order valence-corrected chi connectivity index (χ2v) is 6.07. The first-order valence-corrected chi connectivity index (χ1v) is 6.72. The molecule has 3 nitrogen and oxygen atoms in total. The van der Waals surface area contributed by atoms with Crippen LogP contribution in [0.1, 0.15) is 32.8 Å². The minimum absolute atomic E-state index is 0.00728. The van der Waals surface area contributed by atoms with Gasteiger partial charge in [-0.05, 0) is 30.4 Å². The molecule has 0 aliphatic carbocycles. The summed E-state index contributed by atoms with van der Waals surface area (Å²) in [5.74, 6) is 0.0264. The molecule has 20 heavy (non-hydrogen) atoms. The van der Waals surface area contributed by atoms with E-state index in [0.29, 0.717) is 29.4 Å². The van der Waals surface area contributed by atoms with Crippen LogP contribution in [0.3, 0.4) is 0 Å². The maximum Gasteiger partial charge on any atom is 0.343 e. The topological polar surface area (TPSA) is 50.4 Å². The fourth-order valence-electron chi connectivity index (χ4n) is 2.04. The molecule has 2 aromatic rings. The van der Waals surface area contributed by atoms with Crippen molar-refractivity contribution in [1.29, 1.82) is 0 Å². The van der Waals surface area contributed by atoms with Crippen molar-refractivity contribution in [3.8, 4) is 5.75 Å². The third kappa shape index (κ3) is 2.77. The van der Waals surface area contributed by atoms with Crippen LogP contribution in [0.4, 0.5) is 0 Å². The standard InChI is InChI=1S/C17H20O3/c1-11(17(2,3)4)9-10-13-15(18)12-7-5-6-8-14(12)20-16(13)19/h5-8,18H,1,9-10H2,2-4H3. The van der Waals surface area contributed by atoms with E-state index in [-0.39, 0.29) is 11.2 Å². The fourth-order valence-corrected chi connectivity index (χ4v) is 2.04. The molecule has 0 saturated carbocycles. The molecule has 0 unspecified atom stereocenters. The third-order valence-electron chi connectivity index (χ3n) is 3.61. The molecule has 0 aliphatic rings.